The highest BCUT2D eigenvalue weighted by molar-refractivity contribution is 9.10. The fourth-order valence-electron chi connectivity index (χ4n) is 2.37. The quantitative estimate of drug-likeness (QED) is 0.785. The fourth-order valence-corrected chi connectivity index (χ4v) is 2.72. The molecule has 1 aliphatic heterocycles. The first-order valence-electron chi connectivity index (χ1n) is 6.27. The predicted octanol–water partition coefficient (Wildman–Crippen LogP) is 1.09. The van der Waals surface area contributed by atoms with Gasteiger partial charge < -0.3 is 15.1 Å². The third-order valence-corrected chi connectivity index (χ3v) is 3.91. The summed E-state index contributed by atoms with van der Waals surface area (Å²) in [6.45, 7) is 0.0765. The zero-order valence-corrected chi connectivity index (χ0v) is 12.5. The molecule has 2 heterocycles. The second-order valence-electron chi connectivity index (χ2n) is 4.77. The maximum absolute atomic E-state index is 12.3. The maximum atomic E-state index is 12.3. The highest BCUT2D eigenvalue weighted by Gasteiger charge is 2.40. The van der Waals surface area contributed by atoms with Gasteiger partial charge in [-0.1, -0.05) is 6.07 Å². The van der Waals surface area contributed by atoms with Crippen LogP contribution in [0.3, 0.4) is 0 Å². The van der Waals surface area contributed by atoms with Gasteiger partial charge >= 0.3 is 11.9 Å². The lowest BCUT2D eigenvalue weighted by Crippen LogP contribution is -2.48. The van der Waals surface area contributed by atoms with Gasteiger partial charge in [0.05, 0.1) is 11.8 Å². The van der Waals surface area contributed by atoms with E-state index in [2.05, 4.69) is 20.9 Å². The van der Waals surface area contributed by atoms with Crippen molar-refractivity contribution >= 4 is 33.8 Å². The molecule has 2 N–H and O–H groups in total. The Morgan fingerprint density at radius 1 is 1.19 bits per heavy atom. The number of pyridine rings is 1. The molecule has 2 atom stereocenters. The standard InChI is InChI=1S/C13H13BrN2O5/c14-10-3-1-2-9(15-10)11(17)16-5-4-7(12(18)19)8(6-16)13(20)21/h1-3,7-8H,4-6H2,(H,18,19)(H,20,21). The Balaban J connectivity index is 2.17. The highest BCUT2D eigenvalue weighted by atomic mass is 79.9. The van der Waals surface area contributed by atoms with Gasteiger partial charge in [0, 0.05) is 13.1 Å². The zero-order chi connectivity index (χ0) is 15.6. The third kappa shape index (κ3) is 3.38. The molecule has 7 nitrogen and oxygen atoms in total. The van der Waals surface area contributed by atoms with E-state index < -0.39 is 29.7 Å². The molecule has 8 heteroatoms. The molecule has 1 aromatic rings. The van der Waals surface area contributed by atoms with Gasteiger partial charge in [-0.3, -0.25) is 14.4 Å². The van der Waals surface area contributed by atoms with Gasteiger partial charge in [-0.05, 0) is 34.5 Å². The average Bonchev–Trinajstić information content (AvgIpc) is 2.45. The van der Waals surface area contributed by atoms with Crippen molar-refractivity contribution in [1.82, 2.24) is 9.88 Å². The van der Waals surface area contributed by atoms with Crippen LogP contribution in [0.2, 0.25) is 0 Å². The summed E-state index contributed by atoms with van der Waals surface area (Å²) in [6, 6.07) is 4.86. The molecule has 0 radical (unpaired) electrons. The number of carbonyl (C=O) groups excluding carboxylic acids is 1. The first-order valence-corrected chi connectivity index (χ1v) is 7.07. The minimum absolute atomic E-state index is 0.117. The van der Waals surface area contributed by atoms with Crippen LogP contribution in [0.5, 0.6) is 0 Å². The molecule has 0 bridgehead atoms. The van der Waals surface area contributed by atoms with E-state index in [0.29, 0.717) is 4.60 Å². The van der Waals surface area contributed by atoms with Crippen molar-refractivity contribution in [3.05, 3.63) is 28.5 Å². The van der Waals surface area contributed by atoms with Gasteiger partial charge in [-0.15, -0.1) is 0 Å². The van der Waals surface area contributed by atoms with Crippen LogP contribution in [-0.2, 0) is 9.59 Å². The van der Waals surface area contributed by atoms with Gasteiger partial charge in [-0.25, -0.2) is 4.98 Å². The normalized spacial score (nSPS) is 21.9. The minimum Gasteiger partial charge on any atom is -0.481 e. The number of rotatable bonds is 3. The van der Waals surface area contributed by atoms with E-state index in [4.69, 9.17) is 10.2 Å². The Morgan fingerprint density at radius 3 is 2.43 bits per heavy atom. The topological polar surface area (TPSA) is 108 Å². The van der Waals surface area contributed by atoms with Crippen LogP contribution in [-0.4, -0.2) is 51.0 Å². The van der Waals surface area contributed by atoms with Crippen LogP contribution in [0, 0.1) is 11.8 Å². The number of amides is 1. The van der Waals surface area contributed by atoms with Gasteiger partial charge in [-0.2, -0.15) is 0 Å². The molecule has 0 aromatic carbocycles. The van der Waals surface area contributed by atoms with Crippen molar-refractivity contribution in [2.24, 2.45) is 11.8 Å². The number of nitrogens with zero attached hydrogens (tertiary/aromatic N) is 2. The Bertz CT molecular complexity index is 592. The summed E-state index contributed by atoms with van der Waals surface area (Å²) < 4.78 is 0.503. The molecule has 112 valence electrons. The van der Waals surface area contributed by atoms with Gasteiger partial charge in [0.1, 0.15) is 10.3 Å². The van der Waals surface area contributed by atoms with Crippen LogP contribution in [0.25, 0.3) is 0 Å². The van der Waals surface area contributed by atoms with Crippen LogP contribution < -0.4 is 0 Å². The van der Waals surface area contributed by atoms with E-state index in [1.807, 2.05) is 0 Å². The number of carboxylic acid groups (broad SMARTS) is 2. The molecule has 1 aromatic heterocycles. The van der Waals surface area contributed by atoms with E-state index in [0.717, 1.165) is 0 Å². The molecule has 21 heavy (non-hydrogen) atoms. The molecule has 1 aliphatic rings. The number of hydrogen-bond acceptors (Lipinski definition) is 4. The molecule has 2 unspecified atom stereocenters. The average molecular weight is 357 g/mol. The number of carbonyl (C=O) groups is 3. The minimum atomic E-state index is -1.21. The van der Waals surface area contributed by atoms with Gasteiger partial charge in [0.25, 0.3) is 5.91 Å². The van der Waals surface area contributed by atoms with E-state index in [9.17, 15) is 14.4 Å². The van der Waals surface area contributed by atoms with Crippen molar-refractivity contribution in [1.29, 1.82) is 0 Å². The van der Waals surface area contributed by atoms with E-state index in [1.54, 1.807) is 12.1 Å². The first-order chi connectivity index (χ1) is 9.90. The van der Waals surface area contributed by atoms with Crippen molar-refractivity contribution in [3.63, 3.8) is 0 Å². The fraction of sp³-hybridized carbons (Fsp3) is 0.385. The third-order valence-electron chi connectivity index (χ3n) is 3.47. The second kappa shape index (κ2) is 6.21. The van der Waals surface area contributed by atoms with Crippen molar-refractivity contribution in [3.8, 4) is 0 Å². The Hall–Kier alpha value is -1.96. The zero-order valence-electron chi connectivity index (χ0n) is 10.9. The summed E-state index contributed by atoms with van der Waals surface area (Å²) in [5.41, 5.74) is 0.197. The largest absolute Gasteiger partial charge is 0.481 e. The van der Waals surface area contributed by atoms with Crippen LogP contribution in [0.1, 0.15) is 16.9 Å². The molecule has 1 amide bonds. The summed E-state index contributed by atoms with van der Waals surface area (Å²) in [5, 5.41) is 18.2. The summed E-state index contributed by atoms with van der Waals surface area (Å²) in [5.74, 6) is -4.82. The summed E-state index contributed by atoms with van der Waals surface area (Å²) in [6.07, 6.45) is 0.117. The number of likely N-dealkylation sites (tertiary alicyclic amines) is 1. The molecule has 1 saturated heterocycles. The number of halogens is 1. The lowest BCUT2D eigenvalue weighted by molar-refractivity contribution is -0.156. The monoisotopic (exact) mass is 356 g/mol. The Labute approximate surface area is 128 Å². The molecule has 1 fully saturated rings. The SMILES string of the molecule is O=C(O)C1CCN(C(=O)c2cccc(Br)n2)CC1C(=O)O. The number of hydrogen-bond donors (Lipinski definition) is 2. The Morgan fingerprint density at radius 2 is 1.86 bits per heavy atom. The Kier molecular flexibility index (Phi) is 4.56. The number of carboxylic acids is 2. The predicted molar refractivity (Wildman–Crippen MR) is 74.7 cm³/mol. The number of piperidine rings is 1. The lowest BCUT2D eigenvalue weighted by Gasteiger charge is -2.34. The van der Waals surface area contributed by atoms with Crippen molar-refractivity contribution in [2.75, 3.05) is 13.1 Å². The van der Waals surface area contributed by atoms with Crippen molar-refractivity contribution in [2.45, 2.75) is 6.42 Å². The first kappa shape index (κ1) is 15.4. The van der Waals surface area contributed by atoms with Crippen LogP contribution in [0.15, 0.2) is 22.8 Å². The van der Waals surface area contributed by atoms with Crippen LogP contribution >= 0.6 is 15.9 Å². The summed E-state index contributed by atoms with van der Waals surface area (Å²) in [4.78, 5) is 40.0. The van der Waals surface area contributed by atoms with E-state index in [1.165, 1.54) is 11.0 Å². The summed E-state index contributed by atoms with van der Waals surface area (Å²) in [7, 11) is 0. The van der Waals surface area contributed by atoms with E-state index >= 15 is 0 Å². The van der Waals surface area contributed by atoms with Gasteiger partial charge in [0.2, 0.25) is 0 Å². The maximum Gasteiger partial charge on any atom is 0.309 e. The molecule has 0 aliphatic carbocycles. The van der Waals surface area contributed by atoms with Gasteiger partial charge in [0.15, 0.2) is 0 Å². The molecule has 2 rings (SSSR count). The molecular formula is C13H13BrN2O5. The lowest BCUT2D eigenvalue weighted by atomic mass is 9.85. The molecular weight excluding hydrogens is 344 g/mol. The molecule has 0 saturated carbocycles. The van der Waals surface area contributed by atoms with Crippen molar-refractivity contribution < 1.29 is 24.6 Å². The van der Waals surface area contributed by atoms with E-state index in [-0.39, 0.29) is 25.2 Å². The highest BCUT2D eigenvalue weighted by Crippen LogP contribution is 2.25. The molecule has 0 spiro atoms. The number of aliphatic carboxylic acids is 2. The van der Waals surface area contributed by atoms with Crippen LogP contribution in [0.4, 0.5) is 0 Å². The summed E-state index contributed by atoms with van der Waals surface area (Å²) >= 11 is 3.16. The second-order valence-corrected chi connectivity index (χ2v) is 5.59. The smallest absolute Gasteiger partial charge is 0.309 e. The number of aromatic nitrogens is 1.